The third kappa shape index (κ3) is 2.76. The summed E-state index contributed by atoms with van der Waals surface area (Å²) in [5, 5.41) is 13.3. The maximum absolute atomic E-state index is 12.6. The van der Waals surface area contributed by atoms with Gasteiger partial charge in [-0.25, -0.2) is 0 Å². The third-order valence-corrected chi connectivity index (χ3v) is 4.30. The number of nitrogens with zero attached hydrogens (tertiary/aromatic N) is 1. The van der Waals surface area contributed by atoms with Gasteiger partial charge in [0.2, 0.25) is 0 Å². The van der Waals surface area contributed by atoms with Gasteiger partial charge in [-0.1, -0.05) is 24.6 Å². The first kappa shape index (κ1) is 14.0. The zero-order valence-electron chi connectivity index (χ0n) is 12.2. The van der Waals surface area contributed by atoms with Crippen molar-refractivity contribution in [3.05, 3.63) is 41.6 Å². The summed E-state index contributed by atoms with van der Waals surface area (Å²) in [5.74, 6) is 0.116. The van der Waals surface area contributed by atoms with Crippen LogP contribution in [0.1, 0.15) is 35.3 Å². The van der Waals surface area contributed by atoms with Crippen LogP contribution < -0.4 is 5.32 Å². The van der Waals surface area contributed by atoms with E-state index in [-0.39, 0.29) is 24.5 Å². The molecule has 2 aromatic rings. The largest absolute Gasteiger partial charge is 0.396 e. The van der Waals surface area contributed by atoms with Crippen LogP contribution in [-0.4, -0.2) is 28.6 Å². The number of nitrogens with one attached hydrogen (secondary N) is 1. The molecule has 0 saturated heterocycles. The van der Waals surface area contributed by atoms with Gasteiger partial charge in [-0.15, -0.1) is 0 Å². The van der Waals surface area contributed by atoms with E-state index >= 15 is 0 Å². The lowest BCUT2D eigenvalue weighted by atomic mass is 10.0. The summed E-state index contributed by atoms with van der Waals surface area (Å²) in [4.78, 5) is 17.1. The van der Waals surface area contributed by atoms with Crippen molar-refractivity contribution in [2.24, 2.45) is 5.92 Å². The Balaban J connectivity index is 1.91. The van der Waals surface area contributed by atoms with Gasteiger partial charge in [0.15, 0.2) is 0 Å². The van der Waals surface area contributed by atoms with Crippen molar-refractivity contribution in [3.8, 4) is 0 Å². The number of hydrogen-bond donors (Lipinski definition) is 2. The van der Waals surface area contributed by atoms with Crippen molar-refractivity contribution in [1.29, 1.82) is 0 Å². The Morgan fingerprint density at radius 1 is 1.38 bits per heavy atom. The molecule has 0 spiro atoms. The van der Waals surface area contributed by atoms with E-state index in [9.17, 15) is 9.90 Å². The molecule has 1 aromatic heterocycles. The lowest BCUT2D eigenvalue weighted by Crippen LogP contribution is -2.38. The number of benzene rings is 1. The second kappa shape index (κ2) is 5.82. The molecule has 1 aliphatic rings. The molecule has 1 heterocycles. The van der Waals surface area contributed by atoms with E-state index in [4.69, 9.17) is 0 Å². The van der Waals surface area contributed by atoms with Crippen LogP contribution in [0.25, 0.3) is 10.9 Å². The van der Waals surface area contributed by atoms with Crippen molar-refractivity contribution in [2.45, 2.75) is 32.2 Å². The fraction of sp³-hybridized carbons (Fsp3) is 0.412. The Bertz CT molecular complexity index is 669. The first-order valence-corrected chi connectivity index (χ1v) is 7.47. The van der Waals surface area contributed by atoms with Crippen molar-refractivity contribution in [2.75, 3.05) is 6.61 Å². The number of carbonyl (C=O) groups is 1. The Hall–Kier alpha value is -1.94. The molecule has 1 aromatic carbocycles. The summed E-state index contributed by atoms with van der Waals surface area (Å²) in [7, 11) is 0. The number of aliphatic hydroxyl groups is 1. The maximum atomic E-state index is 12.6. The lowest BCUT2D eigenvalue weighted by Gasteiger charge is -2.19. The number of fused-ring (bicyclic) bond motifs is 1. The van der Waals surface area contributed by atoms with E-state index in [1.807, 2.05) is 37.3 Å². The van der Waals surface area contributed by atoms with Crippen LogP contribution >= 0.6 is 0 Å². The topological polar surface area (TPSA) is 62.2 Å². The predicted molar refractivity (Wildman–Crippen MR) is 82.2 cm³/mol. The van der Waals surface area contributed by atoms with Gasteiger partial charge >= 0.3 is 0 Å². The van der Waals surface area contributed by atoms with Gasteiger partial charge in [-0.3, -0.25) is 9.78 Å². The van der Waals surface area contributed by atoms with Crippen molar-refractivity contribution < 1.29 is 9.90 Å². The highest BCUT2D eigenvalue weighted by Crippen LogP contribution is 2.26. The fourth-order valence-corrected chi connectivity index (χ4v) is 3.19. The minimum atomic E-state index is -0.0675. The molecule has 0 radical (unpaired) electrons. The highest BCUT2D eigenvalue weighted by atomic mass is 16.3. The summed E-state index contributed by atoms with van der Waals surface area (Å²) in [6.07, 6.45) is 2.99. The molecule has 2 N–H and O–H groups in total. The second-order valence-electron chi connectivity index (χ2n) is 5.78. The highest BCUT2D eigenvalue weighted by Gasteiger charge is 2.28. The number of pyridine rings is 1. The lowest BCUT2D eigenvalue weighted by molar-refractivity contribution is 0.0917. The number of hydrogen-bond acceptors (Lipinski definition) is 3. The molecule has 110 valence electrons. The van der Waals surface area contributed by atoms with E-state index in [1.165, 1.54) is 0 Å². The summed E-state index contributed by atoms with van der Waals surface area (Å²) >= 11 is 0. The molecule has 1 fully saturated rings. The maximum Gasteiger partial charge on any atom is 0.252 e. The molecule has 1 saturated carbocycles. The van der Waals surface area contributed by atoms with Crippen LogP contribution in [0.5, 0.6) is 0 Å². The Morgan fingerprint density at radius 2 is 2.19 bits per heavy atom. The summed E-state index contributed by atoms with van der Waals surface area (Å²) in [6.45, 7) is 2.04. The van der Waals surface area contributed by atoms with E-state index < -0.39 is 0 Å². The number of para-hydroxylation sites is 1. The van der Waals surface area contributed by atoms with Crippen LogP contribution in [0.4, 0.5) is 0 Å². The van der Waals surface area contributed by atoms with Gasteiger partial charge in [0.1, 0.15) is 0 Å². The number of rotatable bonds is 3. The first-order valence-electron chi connectivity index (χ1n) is 7.47. The zero-order chi connectivity index (χ0) is 14.8. The standard InChI is InChI=1S/C17H20N2O2/c1-11-9-14(13-6-2-3-7-16(13)18-11)17(21)19-15-8-4-5-12(15)10-20/h2-3,6-7,9,12,15,20H,4-5,8,10H2,1H3,(H,19,21). The number of aromatic nitrogens is 1. The van der Waals surface area contributed by atoms with Gasteiger partial charge in [0, 0.05) is 29.6 Å². The summed E-state index contributed by atoms with van der Waals surface area (Å²) in [5.41, 5.74) is 2.35. The monoisotopic (exact) mass is 284 g/mol. The van der Waals surface area contributed by atoms with E-state index in [0.29, 0.717) is 5.56 Å². The average molecular weight is 284 g/mol. The summed E-state index contributed by atoms with van der Waals surface area (Å²) < 4.78 is 0. The van der Waals surface area contributed by atoms with E-state index in [1.54, 1.807) is 0 Å². The Morgan fingerprint density at radius 3 is 3.00 bits per heavy atom. The number of carbonyl (C=O) groups excluding carboxylic acids is 1. The van der Waals surface area contributed by atoms with Crippen LogP contribution in [0.2, 0.25) is 0 Å². The minimum Gasteiger partial charge on any atom is -0.396 e. The molecule has 4 heteroatoms. The normalized spacial score (nSPS) is 21.6. The van der Waals surface area contributed by atoms with Gasteiger partial charge in [-0.2, -0.15) is 0 Å². The molecule has 2 unspecified atom stereocenters. The number of amides is 1. The molecule has 0 bridgehead atoms. The Kier molecular flexibility index (Phi) is 3.88. The molecular formula is C17H20N2O2. The quantitative estimate of drug-likeness (QED) is 0.910. The Labute approximate surface area is 124 Å². The molecule has 21 heavy (non-hydrogen) atoms. The average Bonchev–Trinajstić information content (AvgIpc) is 2.93. The highest BCUT2D eigenvalue weighted by molar-refractivity contribution is 6.06. The van der Waals surface area contributed by atoms with Gasteiger partial charge in [0.05, 0.1) is 11.1 Å². The van der Waals surface area contributed by atoms with Crippen LogP contribution in [-0.2, 0) is 0 Å². The van der Waals surface area contributed by atoms with E-state index in [2.05, 4.69) is 10.3 Å². The molecule has 2 atom stereocenters. The zero-order valence-corrected chi connectivity index (χ0v) is 12.2. The summed E-state index contributed by atoms with van der Waals surface area (Å²) in [6, 6.07) is 9.60. The van der Waals surface area contributed by atoms with Gasteiger partial charge < -0.3 is 10.4 Å². The van der Waals surface area contributed by atoms with Crippen molar-refractivity contribution in [1.82, 2.24) is 10.3 Å². The van der Waals surface area contributed by atoms with Crippen molar-refractivity contribution >= 4 is 16.8 Å². The third-order valence-electron chi connectivity index (χ3n) is 4.30. The van der Waals surface area contributed by atoms with Crippen LogP contribution in [0, 0.1) is 12.8 Å². The molecule has 0 aliphatic heterocycles. The molecule has 1 aliphatic carbocycles. The molecular weight excluding hydrogens is 264 g/mol. The minimum absolute atomic E-state index is 0.0675. The second-order valence-corrected chi connectivity index (χ2v) is 5.78. The molecule has 1 amide bonds. The number of aryl methyl sites for hydroxylation is 1. The van der Waals surface area contributed by atoms with Crippen molar-refractivity contribution in [3.63, 3.8) is 0 Å². The number of aliphatic hydroxyl groups excluding tert-OH is 1. The fourth-order valence-electron chi connectivity index (χ4n) is 3.19. The van der Waals surface area contributed by atoms with Gasteiger partial charge in [0.25, 0.3) is 5.91 Å². The predicted octanol–water partition coefficient (Wildman–Crippen LogP) is 2.43. The smallest absolute Gasteiger partial charge is 0.252 e. The first-order chi connectivity index (χ1) is 10.2. The molecule has 4 nitrogen and oxygen atoms in total. The van der Waals surface area contributed by atoms with E-state index in [0.717, 1.165) is 35.9 Å². The van der Waals surface area contributed by atoms with Crippen LogP contribution in [0.3, 0.4) is 0 Å². The van der Waals surface area contributed by atoms with Gasteiger partial charge in [-0.05, 0) is 31.9 Å². The molecule has 3 rings (SSSR count). The SMILES string of the molecule is Cc1cc(C(=O)NC2CCCC2CO)c2ccccc2n1. The van der Waals surface area contributed by atoms with Crippen LogP contribution in [0.15, 0.2) is 30.3 Å².